The predicted molar refractivity (Wildman–Crippen MR) is 55.8 cm³/mol. The van der Waals surface area contributed by atoms with E-state index in [1.54, 1.807) is 12.8 Å². The van der Waals surface area contributed by atoms with Gasteiger partial charge in [-0.15, -0.1) is 0 Å². The largest absolute Gasteiger partial charge is 0.308 e. The summed E-state index contributed by atoms with van der Waals surface area (Å²) in [5, 5.41) is 4.68. The van der Waals surface area contributed by atoms with Gasteiger partial charge in [0.25, 0.3) is 0 Å². The average Bonchev–Trinajstić information content (AvgIpc) is 2.60. The summed E-state index contributed by atoms with van der Waals surface area (Å²) in [5.41, 5.74) is 0. The molecule has 1 N–H and O–H groups in total. The lowest BCUT2D eigenvalue weighted by atomic mass is 9.80. The molecule has 0 radical (unpaired) electrons. The molecule has 7 unspecified atom stereocenters. The number of rotatable bonds is 1. The Balaban J connectivity index is 1.67. The maximum absolute atomic E-state index is 3.66. The third-order valence-electron chi connectivity index (χ3n) is 5.16. The summed E-state index contributed by atoms with van der Waals surface area (Å²) < 4.78 is 0. The highest BCUT2D eigenvalue weighted by atomic mass is 32.2. The smallest absolute Gasteiger partial charge is 0.0258 e. The minimum Gasteiger partial charge on any atom is -0.308 e. The van der Waals surface area contributed by atoms with Crippen LogP contribution in [0.25, 0.3) is 0 Å². The number of nitrogens with one attached hydrogen (secondary N) is 1. The van der Waals surface area contributed by atoms with Crippen LogP contribution in [0.1, 0.15) is 19.3 Å². The molecule has 0 aromatic carbocycles. The van der Waals surface area contributed by atoms with Gasteiger partial charge in [0, 0.05) is 17.3 Å². The standard InChI is InChI=1S/C11H17NS/c1-13-9-3-5-2-7(9)10-6(5)4-8-11(10)12-8/h5-12H,2-4H2,1H3. The number of fused-ring (bicyclic) bond motifs is 7. The fourth-order valence-corrected chi connectivity index (χ4v) is 5.77. The zero-order chi connectivity index (χ0) is 8.58. The van der Waals surface area contributed by atoms with E-state index in [-0.39, 0.29) is 0 Å². The molecule has 0 aromatic rings. The Morgan fingerprint density at radius 3 is 2.92 bits per heavy atom. The molecule has 13 heavy (non-hydrogen) atoms. The first-order chi connectivity index (χ1) is 6.38. The molecule has 0 aromatic heterocycles. The van der Waals surface area contributed by atoms with Crippen LogP contribution < -0.4 is 5.32 Å². The third-order valence-corrected chi connectivity index (χ3v) is 6.30. The number of piperidine rings is 1. The second-order valence-electron chi connectivity index (χ2n) is 5.45. The lowest BCUT2D eigenvalue weighted by Crippen LogP contribution is -2.31. The first-order valence-electron chi connectivity index (χ1n) is 5.67. The summed E-state index contributed by atoms with van der Waals surface area (Å²) in [6, 6.07) is 1.93. The average molecular weight is 195 g/mol. The van der Waals surface area contributed by atoms with Gasteiger partial charge in [0.2, 0.25) is 0 Å². The highest BCUT2D eigenvalue weighted by Gasteiger charge is 2.64. The van der Waals surface area contributed by atoms with Gasteiger partial charge in [-0.05, 0) is 49.2 Å². The fraction of sp³-hybridized carbons (Fsp3) is 1.00. The molecule has 0 spiro atoms. The number of hydrogen-bond donors (Lipinski definition) is 1. The van der Waals surface area contributed by atoms with Gasteiger partial charge in [0.15, 0.2) is 0 Å². The molecule has 1 nitrogen and oxygen atoms in total. The summed E-state index contributed by atoms with van der Waals surface area (Å²) in [5.74, 6) is 4.46. The summed E-state index contributed by atoms with van der Waals surface area (Å²) in [6.45, 7) is 0. The molecule has 0 amide bonds. The molecule has 1 saturated heterocycles. The van der Waals surface area contributed by atoms with E-state index < -0.39 is 0 Å². The lowest BCUT2D eigenvalue weighted by molar-refractivity contribution is 0.243. The van der Waals surface area contributed by atoms with E-state index in [2.05, 4.69) is 23.3 Å². The van der Waals surface area contributed by atoms with Gasteiger partial charge in [-0.25, -0.2) is 0 Å². The van der Waals surface area contributed by atoms with E-state index in [4.69, 9.17) is 0 Å². The van der Waals surface area contributed by atoms with Crippen molar-refractivity contribution in [3.05, 3.63) is 0 Å². The van der Waals surface area contributed by atoms with Gasteiger partial charge < -0.3 is 5.32 Å². The molecule has 4 aliphatic rings. The van der Waals surface area contributed by atoms with E-state index >= 15 is 0 Å². The maximum atomic E-state index is 3.66. The maximum Gasteiger partial charge on any atom is 0.0258 e. The number of thioether (sulfide) groups is 1. The molecule has 2 heteroatoms. The van der Waals surface area contributed by atoms with Crippen molar-refractivity contribution in [1.29, 1.82) is 0 Å². The van der Waals surface area contributed by atoms with Crippen molar-refractivity contribution >= 4 is 11.8 Å². The second-order valence-corrected chi connectivity index (χ2v) is 6.52. The Morgan fingerprint density at radius 2 is 2.08 bits per heavy atom. The van der Waals surface area contributed by atoms with Crippen molar-refractivity contribution in [3.8, 4) is 0 Å². The van der Waals surface area contributed by atoms with Crippen LogP contribution in [0, 0.1) is 23.7 Å². The Labute approximate surface area is 84.0 Å². The predicted octanol–water partition coefficient (Wildman–Crippen LogP) is 1.73. The minimum atomic E-state index is 0.959. The number of hydrogen-bond acceptors (Lipinski definition) is 2. The molecule has 1 aliphatic heterocycles. The van der Waals surface area contributed by atoms with Crippen molar-refractivity contribution in [2.24, 2.45) is 23.7 Å². The summed E-state index contributed by atoms with van der Waals surface area (Å²) in [7, 11) is 0. The van der Waals surface area contributed by atoms with Crippen LogP contribution in [-0.4, -0.2) is 23.6 Å². The van der Waals surface area contributed by atoms with Crippen LogP contribution in [0.15, 0.2) is 0 Å². The Hall–Kier alpha value is 0.310. The van der Waals surface area contributed by atoms with Crippen LogP contribution >= 0.6 is 11.8 Å². The second kappa shape index (κ2) is 2.27. The first kappa shape index (κ1) is 7.58. The van der Waals surface area contributed by atoms with Crippen LogP contribution in [0.2, 0.25) is 0 Å². The molecule has 4 fully saturated rings. The molecule has 2 bridgehead atoms. The van der Waals surface area contributed by atoms with Crippen LogP contribution in [0.4, 0.5) is 0 Å². The van der Waals surface area contributed by atoms with Crippen molar-refractivity contribution in [2.75, 3.05) is 6.26 Å². The first-order valence-corrected chi connectivity index (χ1v) is 6.96. The highest BCUT2D eigenvalue weighted by Crippen LogP contribution is 2.63. The Kier molecular flexibility index (Phi) is 1.33. The van der Waals surface area contributed by atoms with Crippen LogP contribution in [0.3, 0.4) is 0 Å². The Bertz CT molecular complexity index is 254. The van der Waals surface area contributed by atoms with Gasteiger partial charge >= 0.3 is 0 Å². The van der Waals surface area contributed by atoms with Crippen LogP contribution in [0.5, 0.6) is 0 Å². The molecule has 7 atom stereocenters. The summed E-state index contributed by atoms with van der Waals surface area (Å²) in [6.07, 6.45) is 6.96. The zero-order valence-corrected chi connectivity index (χ0v) is 8.89. The van der Waals surface area contributed by atoms with E-state index in [1.165, 1.54) is 6.42 Å². The monoisotopic (exact) mass is 195 g/mol. The SMILES string of the molecule is CSC1CC2CC1C1C2CC2NC21. The lowest BCUT2D eigenvalue weighted by Gasteiger charge is -2.32. The Morgan fingerprint density at radius 1 is 1.15 bits per heavy atom. The van der Waals surface area contributed by atoms with Crippen molar-refractivity contribution in [1.82, 2.24) is 5.32 Å². The van der Waals surface area contributed by atoms with Gasteiger partial charge in [-0.1, -0.05) is 0 Å². The molecular formula is C11H17NS. The molecule has 4 rings (SSSR count). The molecule has 1 heterocycles. The van der Waals surface area contributed by atoms with Gasteiger partial charge in [0.1, 0.15) is 0 Å². The third kappa shape index (κ3) is 0.805. The van der Waals surface area contributed by atoms with E-state index in [9.17, 15) is 0 Å². The quantitative estimate of drug-likeness (QED) is 0.644. The van der Waals surface area contributed by atoms with E-state index in [0.29, 0.717) is 0 Å². The molecular weight excluding hydrogens is 178 g/mol. The van der Waals surface area contributed by atoms with Crippen molar-refractivity contribution in [3.63, 3.8) is 0 Å². The summed E-state index contributed by atoms with van der Waals surface area (Å²) >= 11 is 2.14. The minimum absolute atomic E-state index is 0.959. The van der Waals surface area contributed by atoms with Crippen molar-refractivity contribution < 1.29 is 0 Å². The molecule has 3 aliphatic carbocycles. The van der Waals surface area contributed by atoms with Gasteiger partial charge in [0.05, 0.1) is 0 Å². The zero-order valence-electron chi connectivity index (χ0n) is 8.07. The van der Waals surface area contributed by atoms with Crippen molar-refractivity contribution in [2.45, 2.75) is 36.6 Å². The molecule has 3 saturated carbocycles. The topological polar surface area (TPSA) is 21.9 Å². The highest BCUT2D eigenvalue weighted by molar-refractivity contribution is 7.99. The normalized spacial score (nSPS) is 66.7. The van der Waals surface area contributed by atoms with Gasteiger partial charge in [-0.3, -0.25) is 0 Å². The van der Waals surface area contributed by atoms with Gasteiger partial charge in [-0.2, -0.15) is 11.8 Å². The summed E-state index contributed by atoms with van der Waals surface area (Å²) in [4.78, 5) is 0. The van der Waals surface area contributed by atoms with Crippen LogP contribution in [-0.2, 0) is 0 Å². The molecule has 72 valence electrons. The van der Waals surface area contributed by atoms with E-state index in [1.807, 2.05) is 0 Å². The van der Waals surface area contributed by atoms with E-state index in [0.717, 1.165) is 41.0 Å². The fourth-order valence-electron chi connectivity index (χ4n) is 4.69.